The van der Waals surface area contributed by atoms with E-state index in [-0.39, 0.29) is 5.82 Å². The zero-order chi connectivity index (χ0) is 16.9. The van der Waals surface area contributed by atoms with Gasteiger partial charge in [-0.2, -0.15) is 0 Å². The minimum atomic E-state index is -0.700. The lowest BCUT2D eigenvalue weighted by atomic mass is 9.90. The molecule has 0 saturated carbocycles. The van der Waals surface area contributed by atoms with E-state index in [1.54, 1.807) is 17.6 Å². The Kier molecular flexibility index (Phi) is 5.08. The van der Waals surface area contributed by atoms with E-state index in [2.05, 4.69) is 4.90 Å². The first-order valence-corrected chi connectivity index (χ1v) is 7.81. The maximum absolute atomic E-state index is 13.1. The molecule has 3 rings (SSSR count). The number of nitrogens with one attached hydrogen (secondary N) is 1. The van der Waals surface area contributed by atoms with Gasteiger partial charge in [0.05, 0.1) is 19.1 Å². The molecule has 1 fully saturated rings. The number of morpholine rings is 1. The summed E-state index contributed by atoms with van der Waals surface area (Å²) in [5, 5.41) is 9.05. The predicted molar refractivity (Wildman–Crippen MR) is 87.6 cm³/mol. The summed E-state index contributed by atoms with van der Waals surface area (Å²) in [6.45, 7) is 3.06. The van der Waals surface area contributed by atoms with E-state index in [0.717, 1.165) is 24.3 Å². The molecule has 1 amide bonds. The van der Waals surface area contributed by atoms with Crippen LogP contribution in [-0.4, -0.2) is 37.4 Å². The molecular formula is C18H19FN2O3. The molecule has 0 spiro atoms. The molecule has 2 N–H and O–H groups in total. The van der Waals surface area contributed by atoms with Crippen LogP contribution < -0.4 is 10.4 Å². The molecule has 0 aromatic heterocycles. The molecule has 6 heteroatoms. The average Bonchev–Trinajstić information content (AvgIpc) is 2.64. The van der Waals surface area contributed by atoms with Gasteiger partial charge in [0.15, 0.2) is 0 Å². The van der Waals surface area contributed by atoms with Crippen LogP contribution in [0.5, 0.6) is 0 Å². The van der Waals surface area contributed by atoms with Crippen molar-refractivity contribution < 1.29 is 19.1 Å². The molecule has 1 aliphatic heterocycles. The van der Waals surface area contributed by atoms with Crippen molar-refractivity contribution in [3.63, 3.8) is 0 Å². The quantitative estimate of drug-likeness (QED) is 0.667. The highest BCUT2D eigenvalue weighted by Gasteiger charge is 2.23. The Morgan fingerprint density at radius 3 is 2.12 bits per heavy atom. The molecule has 2 aromatic rings. The first-order valence-electron chi connectivity index (χ1n) is 7.81. The standard InChI is InChI=1S/C18H19FN2O3/c19-15-5-1-13(2-6-15)17(18(22)20-23)14-3-7-16(8-4-14)21-9-11-24-12-10-21/h1-8,17,23H,9-12H2,(H,20,22). The van der Waals surface area contributed by atoms with Crippen LogP contribution in [0.25, 0.3) is 0 Å². The fourth-order valence-corrected chi connectivity index (χ4v) is 2.91. The lowest BCUT2D eigenvalue weighted by molar-refractivity contribution is -0.129. The smallest absolute Gasteiger partial charge is 0.255 e. The third kappa shape index (κ3) is 3.55. The summed E-state index contributed by atoms with van der Waals surface area (Å²) in [6, 6.07) is 13.3. The van der Waals surface area contributed by atoms with Crippen LogP contribution in [0.15, 0.2) is 48.5 Å². The molecule has 5 nitrogen and oxygen atoms in total. The van der Waals surface area contributed by atoms with E-state index >= 15 is 0 Å². The van der Waals surface area contributed by atoms with E-state index in [1.165, 1.54) is 12.1 Å². The number of hydrogen-bond acceptors (Lipinski definition) is 4. The van der Waals surface area contributed by atoms with Crippen molar-refractivity contribution >= 4 is 11.6 Å². The molecule has 24 heavy (non-hydrogen) atoms. The highest BCUT2D eigenvalue weighted by Crippen LogP contribution is 2.27. The number of ether oxygens (including phenoxy) is 1. The topological polar surface area (TPSA) is 61.8 Å². The Bertz CT molecular complexity index is 682. The average molecular weight is 330 g/mol. The van der Waals surface area contributed by atoms with Crippen molar-refractivity contribution in [2.24, 2.45) is 0 Å². The van der Waals surface area contributed by atoms with E-state index in [4.69, 9.17) is 9.94 Å². The third-order valence-electron chi connectivity index (χ3n) is 4.18. The monoisotopic (exact) mass is 330 g/mol. The first-order chi connectivity index (χ1) is 11.7. The Labute approximate surface area is 139 Å². The zero-order valence-corrected chi connectivity index (χ0v) is 13.1. The Morgan fingerprint density at radius 2 is 1.58 bits per heavy atom. The lowest BCUT2D eigenvalue weighted by Gasteiger charge is -2.29. The highest BCUT2D eigenvalue weighted by atomic mass is 19.1. The largest absolute Gasteiger partial charge is 0.378 e. The third-order valence-corrected chi connectivity index (χ3v) is 4.18. The summed E-state index contributed by atoms with van der Waals surface area (Å²) in [5.74, 6) is -1.63. The summed E-state index contributed by atoms with van der Waals surface area (Å²) < 4.78 is 18.5. The second kappa shape index (κ2) is 7.42. The molecule has 1 unspecified atom stereocenters. The summed E-state index contributed by atoms with van der Waals surface area (Å²) in [6.07, 6.45) is 0. The SMILES string of the molecule is O=C(NO)C(c1ccc(F)cc1)c1ccc(N2CCOCC2)cc1. The van der Waals surface area contributed by atoms with Crippen LogP contribution in [0.3, 0.4) is 0 Å². The van der Waals surface area contributed by atoms with Crippen LogP contribution >= 0.6 is 0 Å². The fourth-order valence-electron chi connectivity index (χ4n) is 2.91. The number of rotatable bonds is 4. The summed E-state index contributed by atoms with van der Waals surface area (Å²) in [7, 11) is 0. The normalized spacial score (nSPS) is 15.8. The minimum Gasteiger partial charge on any atom is -0.378 e. The highest BCUT2D eigenvalue weighted by molar-refractivity contribution is 5.86. The number of amides is 1. The predicted octanol–water partition coefficient (Wildman–Crippen LogP) is 2.30. The Morgan fingerprint density at radius 1 is 1.04 bits per heavy atom. The van der Waals surface area contributed by atoms with Crippen molar-refractivity contribution in [1.29, 1.82) is 0 Å². The summed E-state index contributed by atoms with van der Waals surface area (Å²) >= 11 is 0. The summed E-state index contributed by atoms with van der Waals surface area (Å²) in [4.78, 5) is 14.3. The maximum atomic E-state index is 13.1. The molecule has 126 valence electrons. The Balaban J connectivity index is 1.87. The van der Waals surface area contributed by atoms with Crippen molar-refractivity contribution in [3.8, 4) is 0 Å². The van der Waals surface area contributed by atoms with Gasteiger partial charge in [0.25, 0.3) is 5.91 Å². The van der Waals surface area contributed by atoms with Crippen molar-refractivity contribution in [1.82, 2.24) is 5.48 Å². The number of carbonyl (C=O) groups is 1. The fraction of sp³-hybridized carbons (Fsp3) is 0.278. The van der Waals surface area contributed by atoms with Gasteiger partial charge in [-0.3, -0.25) is 10.0 Å². The van der Waals surface area contributed by atoms with Gasteiger partial charge in [0, 0.05) is 18.8 Å². The van der Waals surface area contributed by atoms with Crippen LogP contribution in [0.1, 0.15) is 17.0 Å². The molecule has 1 atom stereocenters. The van der Waals surface area contributed by atoms with Gasteiger partial charge >= 0.3 is 0 Å². The number of carbonyl (C=O) groups excluding carboxylic acids is 1. The van der Waals surface area contributed by atoms with Crippen molar-refractivity contribution in [2.45, 2.75) is 5.92 Å². The van der Waals surface area contributed by atoms with Crippen LogP contribution in [-0.2, 0) is 9.53 Å². The van der Waals surface area contributed by atoms with Gasteiger partial charge in [-0.25, -0.2) is 9.87 Å². The molecule has 1 heterocycles. The number of anilines is 1. The zero-order valence-electron chi connectivity index (χ0n) is 13.1. The molecular weight excluding hydrogens is 311 g/mol. The molecule has 0 radical (unpaired) electrons. The molecule has 1 saturated heterocycles. The van der Waals surface area contributed by atoms with E-state index < -0.39 is 11.8 Å². The van der Waals surface area contributed by atoms with Gasteiger partial charge in [0.1, 0.15) is 5.82 Å². The van der Waals surface area contributed by atoms with Crippen LogP contribution in [0.2, 0.25) is 0 Å². The number of benzene rings is 2. The van der Waals surface area contributed by atoms with E-state index in [0.29, 0.717) is 18.8 Å². The molecule has 2 aromatic carbocycles. The van der Waals surface area contributed by atoms with E-state index in [1.807, 2.05) is 24.3 Å². The maximum Gasteiger partial charge on any atom is 0.255 e. The van der Waals surface area contributed by atoms with Gasteiger partial charge < -0.3 is 9.64 Å². The molecule has 1 aliphatic rings. The van der Waals surface area contributed by atoms with Crippen LogP contribution in [0, 0.1) is 5.82 Å². The number of nitrogens with zero attached hydrogens (tertiary/aromatic N) is 1. The van der Waals surface area contributed by atoms with Crippen molar-refractivity contribution in [3.05, 3.63) is 65.5 Å². The summed E-state index contributed by atoms with van der Waals surface area (Å²) in [5.41, 5.74) is 4.09. The van der Waals surface area contributed by atoms with Crippen molar-refractivity contribution in [2.75, 3.05) is 31.2 Å². The second-order valence-electron chi connectivity index (χ2n) is 5.65. The minimum absolute atomic E-state index is 0.371. The second-order valence-corrected chi connectivity index (χ2v) is 5.65. The number of halogens is 1. The van der Waals surface area contributed by atoms with Crippen LogP contribution in [0.4, 0.5) is 10.1 Å². The van der Waals surface area contributed by atoms with Gasteiger partial charge in [-0.1, -0.05) is 24.3 Å². The lowest BCUT2D eigenvalue weighted by Crippen LogP contribution is -2.36. The number of hydrogen-bond donors (Lipinski definition) is 2. The molecule has 0 aliphatic carbocycles. The van der Waals surface area contributed by atoms with Gasteiger partial charge in [0.2, 0.25) is 0 Å². The Hall–Kier alpha value is -2.44. The number of hydroxylamine groups is 1. The van der Waals surface area contributed by atoms with E-state index in [9.17, 15) is 9.18 Å². The van der Waals surface area contributed by atoms with Gasteiger partial charge in [-0.05, 0) is 35.4 Å². The first kappa shape index (κ1) is 16.4. The van der Waals surface area contributed by atoms with Gasteiger partial charge in [-0.15, -0.1) is 0 Å². The molecule has 0 bridgehead atoms.